The normalized spacial score (nSPS) is 18.1. The molecule has 0 fully saturated rings. The maximum atomic E-state index is 9.18. The van der Waals surface area contributed by atoms with E-state index in [0.29, 0.717) is 5.92 Å². The maximum Gasteiger partial charge on any atom is 0.0952 e. The summed E-state index contributed by atoms with van der Waals surface area (Å²) < 4.78 is 0. The zero-order chi connectivity index (χ0) is 8.15. The van der Waals surface area contributed by atoms with Crippen LogP contribution >= 0.6 is 0 Å². The molecule has 0 aliphatic rings. The van der Waals surface area contributed by atoms with Crippen molar-refractivity contribution >= 4 is 6.21 Å². The van der Waals surface area contributed by atoms with Gasteiger partial charge in [0.1, 0.15) is 0 Å². The van der Waals surface area contributed by atoms with E-state index in [1.54, 1.807) is 0 Å². The van der Waals surface area contributed by atoms with Gasteiger partial charge in [0.15, 0.2) is 0 Å². The molecule has 0 bridgehead atoms. The summed E-state index contributed by atoms with van der Waals surface area (Å²) in [7, 11) is 0. The van der Waals surface area contributed by atoms with Crippen LogP contribution in [0.15, 0.2) is 5.16 Å². The van der Waals surface area contributed by atoms with Crippen molar-refractivity contribution in [2.24, 2.45) is 17.0 Å². The Hall–Kier alpha value is -0.570. The standard InChI is InChI=1S/C7H15NO2/c1-5(2)6(3)7(9)4-8-10/h4-7,9-10H,1-3H3/b8-4-. The predicted octanol–water partition coefficient (Wildman–Crippen LogP) is 1.10. The van der Waals surface area contributed by atoms with Gasteiger partial charge in [0, 0.05) is 0 Å². The maximum absolute atomic E-state index is 9.18. The number of hydrogen-bond donors (Lipinski definition) is 2. The Kier molecular flexibility index (Phi) is 4.03. The minimum atomic E-state index is -0.634. The lowest BCUT2D eigenvalue weighted by molar-refractivity contribution is 0.151. The summed E-state index contributed by atoms with van der Waals surface area (Å²) in [5, 5.41) is 20.0. The topological polar surface area (TPSA) is 52.8 Å². The first-order valence-electron chi connectivity index (χ1n) is 3.45. The van der Waals surface area contributed by atoms with Crippen LogP contribution in [0.25, 0.3) is 0 Å². The van der Waals surface area contributed by atoms with Crippen molar-refractivity contribution in [3.05, 3.63) is 0 Å². The Balaban J connectivity index is 3.81. The van der Waals surface area contributed by atoms with E-state index in [1.165, 1.54) is 0 Å². The fourth-order valence-electron chi connectivity index (χ4n) is 0.598. The number of nitrogens with zero attached hydrogens (tertiary/aromatic N) is 1. The van der Waals surface area contributed by atoms with E-state index in [-0.39, 0.29) is 5.92 Å². The van der Waals surface area contributed by atoms with Gasteiger partial charge in [-0.25, -0.2) is 0 Å². The molecule has 0 heterocycles. The Morgan fingerprint density at radius 1 is 1.30 bits per heavy atom. The van der Waals surface area contributed by atoms with Gasteiger partial charge in [-0.1, -0.05) is 25.9 Å². The first kappa shape index (κ1) is 9.43. The van der Waals surface area contributed by atoms with Crippen LogP contribution in [0.1, 0.15) is 20.8 Å². The number of aliphatic hydroxyl groups is 1. The second-order valence-electron chi connectivity index (χ2n) is 2.86. The lowest BCUT2D eigenvalue weighted by Crippen LogP contribution is -2.23. The highest BCUT2D eigenvalue weighted by atomic mass is 16.4. The molecule has 0 aromatic heterocycles. The van der Waals surface area contributed by atoms with Crippen molar-refractivity contribution in [2.75, 3.05) is 0 Å². The van der Waals surface area contributed by atoms with E-state index in [4.69, 9.17) is 5.21 Å². The van der Waals surface area contributed by atoms with Crippen molar-refractivity contribution in [1.29, 1.82) is 0 Å². The van der Waals surface area contributed by atoms with Gasteiger partial charge in [-0.15, -0.1) is 0 Å². The summed E-state index contributed by atoms with van der Waals surface area (Å²) in [6, 6.07) is 0. The van der Waals surface area contributed by atoms with Crippen LogP contribution in [-0.4, -0.2) is 22.6 Å². The van der Waals surface area contributed by atoms with Gasteiger partial charge in [-0.2, -0.15) is 0 Å². The Labute approximate surface area is 61.4 Å². The third-order valence-corrected chi connectivity index (χ3v) is 1.81. The van der Waals surface area contributed by atoms with Crippen LogP contribution in [0.3, 0.4) is 0 Å². The quantitative estimate of drug-likeness (QED) is 0.355. The zero-order valence-electron chi connectivity index (χ0n) is 6.65. The second kappa shape index (κ2) is 4.28. The summed E-state index contributed by atoms with van der Waals surface area (Å²) in [6.07, 6.45) is 0.509. The molecule has 2 unspecified atom stereocenters. The highest BCUT2D eigenvalue weighted by molar-refractivity contribution is 5.62. The zero-order valence-corrected chi connectivity index (χ0v) is 6.65. The highest BCUT2D eigenvalue weighted by Crippen LogP contribution is 2.12. The Morgan fingerprint density at radius 3 is 2.10 bits per heavy atom. The fraction of sp³-hybridized carbons (Fsp3) is 0.857. The van der Waals surface area contributed by atoms with Gasteiger partial charge in [-0.05, 0) is 11.8 Å². The van der Waals surface area contributed by atoms with E-state index < -0.39 is 6.10 Å². The van der Waals surface area contributed by atoms with Crippen LogP contribution < -0.4 is 0 Å². The molecule has 2 atom stereocenters. The van der Waals surface area contributed by atoms with Gasteiger partial charge in [0.2, 0.25) is 0 Å². The molecular formula is C7H15NO2. The molecule has 3 nitrogen and oxygen atoms in total. The summed E-state index contributed by atoms with van der Waals surface area (Å²) in [5.74, 6) is 0.531. The van der Waals surface area contributed by atoms with Crippen molar-refractivity contribution in [1.82, 2.24) is 0 Å². The molecular weight excluding hydrogens is 130 g/mol. The third-order valence-electron chi connectivity index (χ3n) is 1.81. The van der Waals surface area contributed by atoms with E-state index in [2.05, 4.69) is 5.16 Å². The van der Waals surface area contributed by atoms with E-state index in [9.17, 15) is 5.11 Å². The van der Waals surface area contributed by atoms with Crippen LogP contribution in [-0.2, 0) is 0 Å². The lowest BCUT2D eigenvalue weighted by atomic mass is 9.93. The Morgan fingerprint density at radius 2 is 1.80 bits per heavy atom. The molecule has 0 aliphatic heterocycles. The Bertz CT molecular complexity index is 112. The lowest BCUT2D eigenvalue weighted by Gasteiger charge is -2.17. The van der Waals surface area contributed by atoms with Gasteiger partial charge in [0.25, 0.3) is 0 Å². The molecule has 0 saturated heterocycles. The highest BCUT2D eigenvalue weighted by Gasteiger charge is 2.15. The first-order valence-corrected chi connectivity index (χ1v) is 3.45. The summed E-state index contributed by atoms with van der Waals surface area (Å²) in [4.78, 5) is 0. The largest absolute Gasteiger partial charge is 0.411 e. The average molecular weight is 145 g/mol. The molecule has 0 saturated carbocycles. The third kappa shape index (κ3) is 2.82. The van der Waals surface area contributed by atoms with Crippen LogP contribution in [0.4, 0.5) is 0 Å². The average Bonchev–Trinajstić information content (AvgIpc) is 1.87. The van der Waals surface area contributed by atoms with Gasteiger partial charge in [-0.3, -0.25) is 0 Å². The predicted molar refractivity (Wildman–Crippen MR) is 40.3 cm³/mol. The molecule has 0 amide bonds. The van der Waals surface area contributed by atoms with E-state index in [1.807, 2.05) is 20.8 Å². The van der Waals surface area contributed by atoms with E-state index >= 15 is 0 Å². The van der Waals surface area contributed by atoms with Crippen molar-refractivity contribution < 1.29 is 10.3 Å². The number of oxime groups is 1. The molecule has 2 N–H and O–H groups in total. The molecule has 0 radical (unpaired) electrons. The van der Waals surface area contributed by atoms with Crippen molar-refractivity contribution in [3.63, 3.8) is 0 Å². The molecule has 3 heteroatoms. The van der Waals surface area contributed by atoms with Gasteiger partial charge < -0.3 is 10.3 Å². The molecule has 0 aromatic carbocycles. The number of hydrogen-bond acceptors (Lipinski definition) is 3. The van der Waals surface area contributed by atoms with Crippen LogP contribution in [0.5, 0.6) is 0 Å². The minimum Gasteiger partial charge on any atom is -0.411 e. The molecule has 60 valence electrons. The van der Waals surface area contributed by atoms with Gasteiger partial charge >= 0.3 is 0 Å². The SMILES string of the molecule is CC(C)C(C)C(O)/C=N\O. The van der Waals surface area contributed by atoms with Crippen LogP contribution in [0, 0.1) is 11.8 Å². The van der Waals surface area contributed by atoms with E-state index in [0.717, 1.165) is 6.21 Å². The fourth-order valence-corrected chi connectivity index (χ4v) is 0.598. The van der Waals surface area contributed by atoms with Crippen molar-refractivity contribution in [2.45, 2.75) is 26.9 Å². The summed E-state index contributed by atoms with van der Waals surface area (Å²) >= 11 is 0. The van der Waals surface area contributed by atoms with Crippen molar-refractivity contribution in [3.8, 4) is 0 Å². The smallest absolute Gasteiger partial charge is 0.0952 e. The monoisotopic (exact) mass is 145 g/mol. The van der Waals surface area contributed by atoms with Gasteiger partial charge in [0.05, 0.1) is 12.3 Å². The summed E-state index contributed by atoms with van der Waals surface area (Å²) in [5.41, 5.74) is 0. The number of aliphatic hydroxyl groups excluding tert-OH is 1. The molecule has 0 aromatic rings. The molecule has 0 aliphatic carbocycles. The summed E-state index contributed by atoms with van der Waals surface area (Å²) in [6.45, 7) is 5.94. The molecule has 0 rings (SSSR count). The molecule has 10 heavy (non-hydrogen) atoms. The minimum absolute atomic E-state index is 0.135. The van der Waals surface area contributed by atoms with Crippen LogP contribution in [0.2, 0.25) is 0 Å². The molecule has 0 spiro atoms. The first-order chi connectivity index (χ1) is 4.59. The second-order valence-corrected chi connectivity index (χ2v) is 2.86. The number of rotatable bonds is 3.